The largest absolute Gasteiger partial charge is 0.495 e. The van der Waals surface area contributed by atoms with E-state index in [2.05, 4.69) is 31.3 Å². The van der Waals surface area contributed by atoms with Gasteiger partial charge in [0.25, 0.3) is 0 Å². The number of ether oxygens (including phenoxy) is 4. The summed E-state index contributed by atoms with van der Waals surface area (Å²) in [4.78, 5) is 11.7. The molecule has 6 heteroatoms. The van der Waals surface area contributed by atoms with E-state index in [9.17, 15) is 4.79 Å². The molecule has 6 nitrogen and oxygen atoms in total. The molecule has 1 N–H and O–H groups in total. The van der Waals surface area contributed by atoms with Crippen LogP contribution in [0.4, 0.5) is 5.69 Å². The average Bonchev–Trinajstić information content (AvgIpc) is 2.77. The van der Waals surface area contributed by atoms with Crippen molar-refractivity contribution in [2.24, 2.45) is 0 Å². The zero-order valence-corrected chi connectivity index (χ0v) is 18.7. The van der Waals surface area contributed by atoms with Crippen molar-refractivity contribution in [2.45, 2.75) is 52.2 Å². The van der Waals surface area contributed by atoms with Gasteiger partial charge >= 0.3 is 5.97 Å². The highest BCUT2D eigenvalue weighted by atomic mass is 16.7. The Kier molecular flexibility index (Phi) is 10.5. The molecule has 0 bridgehead atoms. The maximum atomic E-state index is 11.7. The van der Waals surface area contributed by atoms with Gasteiger partial charge in [0.1, 0.15) is 5.75 Å². The van der Waals surface area contributed by atoms with E-state index in [4.69, 9.17) is 18.9 Å². The van der Waals surface area contributed by atoms with Crippen molar-refractivity contribution in [1.29, 1.82) is 0 Å². The Morgan fingerprint density at radius 3 is 2.73 bits per heavy atom. The summed E-state index contributed by atoms with van der Waals surface area (Å²) < 4.78 is 21.6. The first-order chi connectivity index (χ1) is 14.5. The minimum atomic E-state index is -0.367. The Balaban J connectivity index is 1.76. The fourth-order valence-electron chi connectivity index (χ4n) is 3.20. The average molecular weight is 418 g/mol. The molecule has 1 saturated heterocycles. The van der Waals surface area contributed by atoms with E-state index in [0.717, 1.165) is 38.0 Å². The molecule has 2 rings (SSSR count). The molecule has 0 aliphatic carbocycles. The summed E-state index contributed by atoms with van der Waals surface area (Å²) in [5.74, 6) is 0.322. The predicted octanol–water partition coefficient (Wildman–Crippen LogP) is 5.11. The Bertz CT molecular complexity index is 735. The second-order valence-electron chi connectivity index (χ2n) is 7.53. The summed E-state index contributed by atoms with van der Waals surface area (Å²) in [5, 5.41) is 3.31. The fraction of sp³-hybridized carbons (Fsp3) is 0.542. The van der Waals surface area contributed by atoms with Gasteiger partial charge in [-0.05, 0) is 64.2 Å². The summed E-state index contributed by atoms with van der Waals surface area (Å²) in [6, 6.07) is 5.20. The molecule has 1 aliphatic rings. The van der Waals surface area contributed by atoms with Crippen molar-refractivity contribution < 1.29 is 23.7 Å². The van der Waals surface area contributed by atoms with Crippen molar-refractivity contribution >= 4 is 11.7 Å². The first kappa shape index (κ1) is 24.0. The molecule has 1 unspecified atom stereocenters. The highest BCUT2D eigenvalue weighted by Crippen LogP contribution is 2.25. The lowest BCUT2D eigenvalue weighted by Gasteiger charge is -2.22. The molecule has 0 saturated carbocycles. The zero-order valence-electron chi connectivity index (χ0n) is 18.7. The van der Waals surface area contributed by atoms with Crippen LogP contribution in [-0.4, -0.2) is 46.2 Å². The number of esters is 1. The maximum absolute atomic E-state index is 11.7. The van der Waals surface area contributed by atoms with E-state index in [1.54, 1.807) is 25.3 Å². The number of rotatable bonds is 11. The Labute approximate surface area is 180 Å². The normalized spacial score (nSPS) is 17.5. The van der Waals surface area contributed by atoms with Gasteiger partial charge in [-0.15, -0.1) is 0 Å². The summed E-state index contributed by atoms with van der Waals surface area (Å²) in [5.41, 5.74) is 3.79. The van der Waals surface area contributed by atoms with Crippen LogP contribution < -0.4 is 10.1 Å². The van der Waals surface area contributed by atoms with E-state index >= 15 is 0 Å². The number of nitrogens with one attached hydrogen (secondary N) is 1. The molecular weight excluding hydrogens is 382 g/mol. The van der Waals surface area contributed by atoms with Gasteiger partial charge in [0, 0.05) is 13.2 Å². The van der Waals surface area contributed by atoms with E-state index in [0.29, 0.717) is 24.5 Å². The van der Waals surface area contributed by atoms with Crippen molar-refractivity contribution in [3.8, 4) is 5.75 Å². The molecule has 1 aliphatic heterocycles. The Morgan fingerprint density at radius 2 is 2.03 bits per heavy atom. The van der Waals surface area contributed by atoms with Gasteiger partial charge in [0.15, 0.2) is 6.29 Å². The standard InChI is InChI=1S/C24H35NO5/c1-18(8-7-9-19(2)17-30-23-10-5-6-15-29-23)13-14-25-21-16-20(24(26)28-4)11-12-22(21)27-3/h9,11-13,16,23,25H,5-8,10,14-15,17H2,1-4H3/b18-13+,19-9+. The minimum absolute atomic E-state index is 0.0375. The van der Waals surface area contributed by atoms with Crippen LogP contribution in [0.1, 0.15) is 56.3 Å². The molecular formula is C24H35NO5. The summed E-state index contributed by atoms with van der Waals surface area (Å²) in [6.07, 6.45) is 9.63. The van der Waals surface area contributed by atoms with Crippen molar-refractivity contribution in [2.75, 3.05) is 39.3 Å². The maximum Gasteiger partial charge on any atom is 0.337 e. The summed E-state index contributed by atoms with van der Waals surface area (Å²) in [7, 11) is 2.98. The van der Waals surface area contributed by atoms with E-state index in [1.807, 2.05) is 0 Å². The predicted molar refractivity (Wildman–Crippen MR) is 119 cm³/mol. The van der Waals surface area contributed by atoms with Crippen LogP contribution in [0.2, 0.25) is 0 Å². The molecule has 30 heavy (non-hydrogen) atoms. The number of allylic oxidation sites excluding steroid dienone is 2. The Morgan fingerprint density at radius 1 is 1.20 bits per heavy atom. The molecule has 1 aromatic carbocycles. The number of hydrogen-bond acceptors (Lipinski definition) is 6. The summed E-state index contributed by atoms with van der Waals surface area (Å²) in [6.45, 7) is 6.32. The lowest BCUT2D eigenvalue weighted by Crippen LogP contribution is -2.22. The van der Waals surface area contributed by atoms with Crippen molar-refractivity contribution in [3.63, 3.8) is 0 Å². The van der Waals surface area contributed by atoms with E-state index in [1.165, 1.54) is 24.7 Å². The first-order valence-electron chi connectivity index (χ1n) is 10.6. The molecule has 0 radical (unpaired) electrons. The van der Waals surface area contributed by atoms with Crippen molar-refractivity contribution in [3.05, 3.63) is 47.1 Å². The zero-order chi connectivity index (χ0) is 21.8. The van der Waals surface area contributed by atoms with Crippen LogP contribution in [0, 0.1) is 0 Å². The van der Waals surface area contributed by atoms with Crippen LogP contribution >= 0.6 is 0 Å². The lowest BCUT2D eigenvalue weighted by atomic mass is 10.1. The molecule has 166 valence electrons. The molecule has 1 heterocycles. The highest BCUT2D eigenvalue weighted by Gasteiger charge is 2.13. The molecule has 1 fully saturated rings. The minimum Gasteiger partial charge on any atom is -0.495 e. The van der Waals surface area contributed by atoms with E-state index in [-0.39, 0.29) is 12.3 Å². The lowest BCUT2D eigenvalue weighted by molar-refractivity contribution is -0.156. The number of benzene rings is 1. The van der Waals surface area contributed by atoms with Gasteiger partial charge in [0.2, 0.25) is 0 Å². The SMILES string of the molecule is COC(=O)c1ccc(OC)c(NC/C=C(\C)CC/C=C(\C)COC2CCCCO2)c1. The molecule has 0 amide bonds. The van der Waals surface area contributed by atoms with Crippen LogP contribution in [0.25, 0.3) is 0 Å². The van der Waals surface area contributed by atoms with Gasteiger partial charge in [-0.2, -0.15) is 0 Å². The molecule has 0 aromatic heterocycles. The fourth-order valence-corrected chi connectivity index (χ4v) is 3.20. The van der Waals surface area contributed by atoms with E-state index < -0.39 is 0 Å². The third-order valence-corrected chi connectivity index (χ3v) is 5.03. The van der Waals surface area contributed by atoms with Gasteiger partial charge in [0.05, 0.1) is 32.1 Å². The quantitative estimate of drug-likeness (QED) is 0.399. The number of hydrogen-bond donors (Lipinski definition) is 1. The smallest absolute Gasteiger partial charge is 0.337 e. The van der Waals surface area contributed by atoms with Gasteiger partial charge in [-0.25, -0.2) is 4.79 Å². The van der Waals surface area contributed by atoms with Gasteiger partial charge in [-0.1, -0.05) is 23.3 Å². The van der Waals surface area contributed by atoms with Crippen LogP contribution in [0.3, 0.4) is 0 Å². The van der Waals surface area contributed by atoms with Gasteiger partial charge < -0.3 is 24.3 Å². The molecule has 1 atom stereocenters. The Hall–Kier alpha value is -2.31. The van der Waals surface area contributed by atoms with Crippen LogP contribution in [-0.2, 0) is 14.2 Å². The van der Waals surface area contributed by atoms with Gasteiger partial charge in [-0.3, -0.25) is 0 Å². The second kappa shape index (κ2) is 13.1. The molecule has 0 spiro atoms. The monoisotopic (exact) mass is 417 g/mol. The van der Waals surface area contributed by atoms with Crippen molar-refractivity contribution in [1.82, 2.24) is 0 Å². The van der Waals surface area contributed by atoms with Crippen LogP contribution in [0.15, 0.2) is 41.5 Å². The topological polar surface area (TPSA) is 66.0 Å². The van der Waals surface area contributed by atoms with Crippen LogP contribution in [0.5, 0.6) is 5.75 Å². The third-order valence-electron chi connectivity index (χ3n) is 5.03. The number of anilines is 1. The number of carbonyl (C=O) groups excluding carboxylic acids is 1. The first-order valence-corrected chi connectivity index (χ1v) is 10.6. The molecule has 1 aromatic rings. The highest BCUT2D eigenvalue weighted by molar-refractivity contribution is 5.91. The summed E-state index contributed by atoms with van der Waals surface area (Å²) >= 11 is 0. The third kappa shape index (κ3) is 8.20. The second-order valence-corrected chi connectivity index (χ2v) is 7.53. The number of carbonyl (C=O) groups is 1. The number of methoxy groups -OCH3 is 2.